The van der Waals surface area contributed by atoms with Crippen LogP contribution in [0, 0.1) is 0 Å². The van der Waals surface area contributed by atoms with E-state index in [2.05, 4.69) is 26.3 Å². The number of halogens is 2. The number of carboxylic acid groups (broad SMARTS) is 1. The summed E-state index contributed by atoms with van der Waals surface area (Å²) in [7, 11) is 1.75. The van der Waals surface area contributed by atoms with Gasteiger partial charge in [0.2, 0.25) is 11.8 Å². The molecule has 0 unspecified atom stereocenters. The van der Waals surface area contributed by atoms with Crippen LogP contribution in [0.2, 0.25) is 10.0 Å². The monoisotopic (exact) mass is 585 g/mol. The van der Waals surface area contributed by atoms with Gasteiger partial charge in [0, 0.05) is 25.7 Å². The van der Waals surface area contributed by atoms with Crippen LogP contribution >= 0.6 is 23.2 Å². The van der Waals surface area contributed by atoms with Gasteiger partial charge in [0.15, 0.2) is 0 Å². The number of anilines is 1. The van der Waals surface area contributed by atoms with E-state index in [9.17, 15) is 24.3 Å². The predicted octanol–water partition coefficient (Wildman–Crippen LogP) is 3.54. The first-order valence-corrected chi connectivity index (χ1v) is 13.2. The first-order chi connectivity index (χ1) is 19.2. The number of carbonyl (C=O) groups is 4. The molecule has 0 aliphatic rings. The maximum atomic E-state index is 13.0. The van der Waals surface area contributed by atoms with Crippen molar-refractivity contribution < 1.29 is 24.3 Å². The summed E-state index contributed by atoms with van der Waals surface area (Å²) in [6.45, 7) is -0.500. The van der Waals surface area contributed by atoms with E-state index < -0.39 is 30.2 Å². The minimum atomic E-state index is -1.18. The Hall–Kier alpha value is -4.15. The molecule has 1 heterocycles. The van der Waals surface area contributed by atoms with E-state index in [0.717, 1.165) is 11.3 Å². The maximum absolute atomic E-state index is 13.0. The summed E-state index contributed by atoms with van der Waals surface area (Å²) >= 11 is 12.7. The summed E-state index contributed by atoms with van der Waals surface area (Å²) in [6, 6.07) is 17.0. The molecule has 0 bridgehead atoms. The lowest BCUT2D eigenvalue weighted by Crippen LogP contribution is -2.47. The summed E-state index contributed by atoms with van der Waals surface area (Å²) in [5.74, 6) is -2.06. The molecule has 0 aliphatic heterocycles. The predicted molar refractivity (Wildman–Crippen MR) is 154 cm³/mol. The third-order valence-corrected chi connectivity index (χ3v) is 6.39. The van der Waals surface area contributed by atoms with Crippen LogP contribution in [0.15, 0.2) is 60.7 Å². The number of amides is 3. The summed E-state index contributed by atoms with van der Waals surface area (Å²) < 4.78 is 0. The first-order valence-electron chi connectivity index (χ1n) is 12.4. The second kappa shape index (κ2) is 14.9. The largest absolute Gasteiger partial charge is 0.481 e. The molecule has 0 radical (unpaired) electrons. The van der Waals surface area contributed by atoms with Crippen molar-refractivity contribution >= 4 is 52.7 Å². The zero-order chi connectivity index (χ0) is 29.1. The molecule has 0 saturated heterocycles. The standard InChI is InChI=1S/C28H29Cl2N5O5/c1-31-23-9-5-8-19(34-23)10-11-24(36)33-16-25(37)32-15-20(14-26(38)39)35-28(40)27-21(29)12-18(13-22(27)30)17-6-3-2-4-7-17/h2-9,12-13,20H,10-11,14-16H2,1H3,(H,31,34)(H,32,37)(H,33,36)(H,35,40)(H,38,39)/t20-/m1/s1. The van der Waals surface area contributed by atoms with Gasteiger partial charge >= 0.3 is 5.97 Å². The molecule has 3 aromatic rings. The number of nitrogens with one attached hydrogen (secondary N) is 4. The number of aliphatic carboxylic acids is 1. The molecular weight excluding hydrogens is 557 g/mol. The molecule has 3 amide bonds. The fourth-order valence-electron chi connectivity index (χ4n) is 3.80. The number of rotatable bonds is 13. The normalized spacial score (nSPS) is 11.3. The number of pyridine rings is 1. The van der Waals surface area contributed by atoms with Gasteiger partial charge in [-0.1, -0.05) is 59.6 Å². The third-order valence-electron chi connectivity index (χ3n) is 5.80. The molecule has 0 aliphatic carbocycles. The minimum absolute atomic E-state index is 0.00765. The van der Waals surface area contributed by atoms with Crippen LogP contribution in [0.1, 0.15) is 28.9 Å². The number of nitrogens with zero attached hydrogens (tertiary/aromatic N) is 1. The highest BCUT2D eigenvalue weighted by atomic mass is 35.5. The molecule has 5 N–H and O–H groups in total. The van der Waals surface area contributed by atoms with Crippen molar-refractivity contribution in [2.45, 2.75) is 25.3 Å². The lowest BCUT2D eigenvalue weighted by atomic mass is 10.0. The Bertz CT molecular complexity index is 1350. The van der Waals surface area contributed by atoms with Gasteiger partial charge in [-0.25, -0.2) is 4.98 Å². The van der Waals surface area contributed by atoms with Gasteiger partial charge in [-0.3, -0.25) is 19.2 Å². The summed E-state index contributed by atoms with van der Waals surface area (Å²) in [5, 5.41) is 20.0. The van der Waals surface area contributed by atoms with Gasteiger partial charge < -0.3 is 26.4 Å². The second-order valence-electron chi connectivity index (χ2n) is 8.79. The lowest BCUT2D eigenvalue weighted by Gasteiger charge is -2.19. The van der Waals surface area contributed by atoms with Crippen LogP contribution in [0.4, 0.5) is 5.82 Å². The molecule has 210 valence electrons. The molecule has 40 heavy (non-hydrogen) atoms. The van der Waals surface area contributed by atoms with Crippen molar-refractivity contribution in [2.24, 2.45) is 0 Å². The Morgan fingerprint density at radius 2 is 1.60 bits per heavy atom. The van der Waals surface area contributed by atoms with Gasteiger partial charge in [0.25, 0.3) is 5.91 Å². The van der Waals surface area contributed by atoms with Crippen LogP contribution in [0.25, 0.3) is 11.1 Å². The molecule has 12 heteroatoms. The summed E-state index contributed by atoms with van der Waals surface area (Å²) in [4.78, 5) is 53.1. The van der Waals surface area contributed by atoms with Crippen LogP contribution in [0.5, 0.6) is 0 Å². The minimum Gasteiger partial charge on any atom is -0.481 e. The van der Waals surface area contributed by atoms with Gasteiger partial charge in [-0.05, 0) is 41.8 Å². The van der Waals surface area contributed by atoms with E-state index in [1.54, 1.807) is 31.3 Å². The highest BCUT2D eigenvalue weighted by Crippen LogP contribution is 2.31. The zero-order valence-electron chi connectivity index (χ0n) is 21.7. The highest BCUT2D eigenvalue weighted by molar-refractivity contribution is 6.40. The number of hydrogen-bond donors (Lipinski definition) is 5. The van der Waals surface area contributed by atoms with E-state index in [0.29, 0.717) is 17.8 Å². The Morgan fingerprint density at radius 3 is 2.25 bits per heavy atom. The number of carboxylic acids is 1. The molecule has 3 rings (SSSR count). The SMILES string of the molecule is CNc1cccc(CCC(=O)NCC(=O)NC[C@@H](CC(=O)O)NC(=O)c2c(Cl)cc(-c3ccccc3)cc2Cl)n1. The summed E-state index contributed by atoms with van der Waals surface area (Å²) in [6.07, 6.45) is 0.0667. The molecule has 0 fully saturated rings. The van der Waals surface area contributed by atoms with Gasteiger partial charge in [0.05, 0.1) is 34.6 Å². The van der Waals surface area contributed by atoms with E-state index in [4.69, 9.17) is 23.2 Å². The highest BCUT2D eigenvalue weighted by Gasteiger charge is 2.22. The van der Waals surface area contributed by atoms with E-state index in [1.807, 2.05) is 36.4 Å². The lowest BCUT2D eigenvalue weighted by molar-refractivity contribution is -0.137. The van der Waals surface area contributed by atoms with E-state index in [1.165, 1.54) is 0 Å². The number of hydrogen-bond acceptors (Lipinski definition) is 6. The van der Waals surface area contributed by atoms with Crippen molar-refractivity contribution in [3.63, 3.8) is 0 Å². The fourth-order valence-corrected chi connectivity index (χ4v) is 4.46. The van der Waals surface area contributed by atoms with Crippen LogP contribution in [-0.2, 0) is 20.8 Å². The average molecular weight is 586 g/mol. The van der Waals surface area contributed by atoms with Gasteiger partial charge in [-0.2, -0.15) is 0 Å². The van der Waals surface area contributed by atoms with E-state index in [-0.39, 0.29) is 41.0 Å². The number of benzene rings is 2. The molecule has 1 aromatic heterocycles. The fraction of sp³-hybridized carbons (Fsp3) is 0.250. The van der Waals surface area contributed by atoms with Crippen LogP contribution in [-0.4, -0.2) is 60.0 Å². The topological polar surface area (TPSA) is 150 Å². The van der Waals surface area contributed by atoms with Crippen LogP contribution < -0.4 is 21.3 Å². The van der Waals surface area contributed by atoms with E-state index >= 15 is 0 Å². The zero-order valence-corrected chi connectivity index (χ0v) is 23.2. The second-order valence-corrected chi connectivity index (χ2v) is 9.61. The Kier molecular flexibility index (Phi) is 11.3. The van der Waals surface area contributed by atoms with Crippen molar-refractivity contribution in [3.8, 4) is 11.1 Å². The molecule has 1 atom stereocenters. The Morgan fingerprint density at radius 1 is 0.900 bits per heavy atom. The molecule has 0 saturated carbocycles. The molecular formula is C28H29Cl2N5O5. The van der Waals surface area contributed by atoms with Crippen molar-refractivity contribution in [3.05, 3.63) is 82.0 Å². The molecule has 2 aromatic carbocycles. The molecule has 10 nitrogen and oxygen atoms in total. The smallest absolute Gasteiger partial charge is 0.305 e. The number of aryl methyl sites for hydroxylation is 1. The molecule has 0 spiro atoms. The average Bonchev–Trinajstić information content (AvgIpc) is 2.93. The van der Waals surface area contributed by atoms with Gasteiger partial charge in [0.1, 0.15) is 5.82 Å². The number of carbonyl (C=O) groups excluding carboxylic acids is 3. The summed E-state index contributed by atoms with van der Waals surface area (Å²) in [5.41, 5.74) is 2.29. The van der Waals surface area contributed by atoms with Gasteiger partial charge in [-0.15, -0.1) is 0 Å². The Labute approximate surface area is 241 Å². The van der Waals surface area contributed by atoms with Crippen molar-refractivity contribution in [1.82, 2.24) is 20.9 Å². The Balaban J connectivity index is 1.53. The third kappa shape index (κ3) is 9.25. The maximum Gasteiger partial charge on any atom is 0.305 e. The van der Waals surface area contributed by atoms with Crippen molar-refractivity contribution in [2.75, 3.05) is 25.5 Å². The quantitative estimate of drug-likeness (QED) is 0.206. The first kappa shape index (κ1) is 30.4. The number of aromatic nitrogens is 1. The van der Waals surface area contributed by atoms with Crippen molar-refractivity contribution in [1.29, 1.82) is 0 Å². The van der Waals surface area contributed by atoms with Crippen LogP contribution in [0.3, 0.4) is 0 Å².